The number of amides is 1. The van der Waals surface area contributed by atoms with E-state index in [-0.39, 0.29) is 16.9 Å². The zero-order valence-corrected chi connectivity index (χ0v) is 19.3. The summed E-state index contributed by atoms with van der Waals surface area (Å²) in [6.07, 6.45) is 6.25. The van der Waals surface area contributed by atoms with E-state index in [1.54, 1.807) is 17.2 Å². The second kappa shape index (κ2) is 7.76. The Labute approximate surface area is 192 Å². The summed E-state index contributed by atoms with van der Waals surface area (Å²) in [6, 6.07) is 7.28. The number of imidazole rings is 1. The van der Waals surface area contributed by atoms with E-state index in [4.69, 9.17) is 0 Å². The molecule has 5 rings (SSSR count). The van der Waals surface area contributed by atoms with E-state index in [1.165, 1.54) is 6.20 Å². The minimum Gasteiger partial charge on any atom is -0.344 e. The molecular weight excluding hydrogens is 443 g/mol. The SMILES string of the molecule is CC1(C)C(=O)N(CCCS(=O)(=O)C2CC2)c2cc(-c3c[nH]c(-c4ccncc4F)n3)ccc21. The Morgan fingerprint density at radius 3 is 2.76 bits per heavy atom. The minimum absolute atomic E-state index is 0.0416. The predicted molar refractivity (Wildman–Crippen MR) is 124 cm³/mol. The van der Waals surface area contributed by atoms with Crippen molar-refractivity contribution in [2.45, 2.75) is 43.8 Å². The van der Waals surface area contributed by atoms with Crippen molar-refractivity contribution in [3.8, 4) is 22.6 Å². The molecule has 2 aliphatic rings. The van der Waals surface area contributed by atoms with Gasteiger partial charge in [-0.3, -0.25) is 9.78 Å². The molecule has 1 amide bonds. The molecule has 0 atom stereocenters. The number of carbonyl (C=O) groups is 1. The summed E-state index contributed by atoms with van der Waals surface area (Å²) in [5, 5.41) is -0.193. The Hall–Kier alpha value is -3.07. The Kier molecular flexibility index (Phi) is 5.12. The third-order valence-corrected chi connectivity index (χ3v) is 8.83. The van der Waals surface area contributed by atoms with Crippen LogP contribution in [0.25, 0.3) is 22.6 Å². The zero-order chi connectivity index (χ0) is 23.4. The van der Waals surface area contributed by atoms with Gasteiger partial charge < -0.3 is 9.88 Å². The largest absolute Gasteiger partial charge is 0.344 e. The maximum absolute atomic E-state index is 14.1. The van der Waals surface area contributed by atoms with Gasteiger partial charge in [0.2, 0.25) is 5.91 Å². The lowest BCUT2D eigenvalue weighted by Gasteiger charge is -2.20. The number of nitrogens with zero attached hydrogens (tertiary/aromatic N) is 3. The lowest BCUT2D eigenvalue weighted by atomic mass is 9.86. The molecule has 33 heavy (non-hydrogen) atoms. The van der Waals surface area contributed by atoms with Crippen LogP contribution in [-0.2, 0) is 20.0 Å². The number of anilines is 1. The molecule has 172 valence electrons. The molecule has 1 aliphatic carbocycles. The molecule has 3 aromatic rings. The summed E-state index contributed by atoms with van der Waals surface area (Å²) >= 11 is 0. The summed E-state index contributed by atoms with van der Waals surface area (Å²) < 4.78 is 38.6. The lowest BCUT2D eigenvalue weighted by molar-refractivity contribution is -0.122. The molecule has 0 bridgehead atoms. The van der Waals surface area contributed by atoms with Crippen LogP contribution in [0.15, 0.2) is 42.9 Å². The smallest absolute Gasteiger partial charge is 0.237 e. The molecule has 1 saturated carbocycles. The van der Waals surface area contributed by atoms with Gasteiger partial charge in [-0.15, -0.1) is 0 Å². The fourth-order valence-electron chi connectivity index (χ4n) is 4.42. The second-order valence-corrected chi connectivity index (χ2v) is 11.6. The average molecular weight is 469 g/mol. The second-order valence-electron chi connectivity index (χ2n) is 9.22. The number of H-pyrrole nitrogens is 1. The highest BCUT2D eigenvalue weighted by Gasteiger charge is 2.44. The van der Waals surface area contributed by atoms with E-state index in [0.717, 1.165) is 35.9 Å². The standard InChI is InChI=1S/C24H25FN4O3S/c1-24(2)18-7-4-15(20-14-27-22(28-20)17-8-9-26-13-19(17)25)12-21(18)29(23(24)30)10-3-11-33(31,32)16-5-6-16/h4,7-9,12-14,16H,3,5-6,10-11H2,1-2H3,(H,27,28). The Morgan fingerprint density at radius 1 is 1.24 bits per heavy atom. The van der Waals surface area contributed by atoms with Crippen molar-refractivity contribution in [3.63, 3.8) is 0 Å². The number of nitrogens with one attached hydrogen (secondary N) is 1. The van der Waals surface area contributed by atoms with Gasteiger partial charge in [0.15, 0.2) is 15.7 Å². The van der Waals surface area contributed by atoms with Gasteiger partial charge in [-0.1, -0.05) is 12.1 Å². The summed E-state index contributed by atoms with van der Waals surface area (Å²) in [6.45, 7) is 4.11. The quantitative estimate of drug-likeness (QED) is 0.568. The number of pyridine rings is 1. The monoisotopic (exact) mass is 468 g/mol. The number of carbonyl (C=O) groups excluding carboxylic acids is 1. The Morgan fingerprint density at radius 2 is 2.03 bits per heavy atom. The first-order valence-electron chi connectivity index (χ1n) is 11.0. The normalized spacial score (nSPS) is 17.4. The first kappa shape index (κ1) is 21.8. The topological polar surface area (TPSA) is 96.0 Å². The Balaban J connectivity index is 1.43. The molecule has 0 spiro atoms. The number of aromatic amines is 1. The van der Waals surface area contributed by atoms with Gasteiger partial charge in [-0.2, -0.15) is 0 Å². The molecule has 0 saturated heterocycles. The number of halogens is 1. The van der Waals surface area contributed by atoms with Crippen LogP contribution in [0.1, 0.15) is 38.7 Å². The van der Waals surface area contributed by atoms with Crippen molar-refractivity contribution in [2.75, 3.05) is 17.2 Å². The molecule has 1 N–H and O–H groups in total. The van der Waals surface area contributed by atoms with E-state index in [9.17, 15) is 17.6 Å². The predicted octanol–water partition coefficient (Wildman–Crippen LogP) is 3.87. The highest BCUT2D eigenvalue weighted by Crippen LogP contribution is 2.43. The van der Waals surface area contributed by atoms with Crippen molar-refractivity contribution in [1.29, 1.82) is 0 Å². The van der Waals surface area contributed by atoms with Crippen molar-refractivity contribution in [2.24, 2.45) is 0 Å². The molecule has 1 aliphatic heterocycles. The highest BCUT2D eigenvalue weighted by molar-refractivity contribution is 7.92. The van der Waals surface area contributed by atoms with E-state index in [1.807, 2.05) is 32.0 Å². The third-order valence-electron chi connectivity index (χ3n) is 6.49. The van der Waals surface area contributed by atoms with Gasteiger partial charge >= 0.3 is 0 Å². The number of fused-ring (bicyclic) bond motifs is 1. The van der Waals surface area contributed by atoms with E-state index < -0.39 is 21.1 Å². The van der Waals surface area contributed by atoms with Gasteiger partial charge in [0, 0.05) is 30.2 Å². The lowest BCUT2D eigenvalue weighted by Crippen LogP contribution is -2.37. The first-order valence-corrected chi connectivity index (χ1v) is 12.7. The number of hydrogen-bond acceptors (Lipinski definition) is 5. The van der Waals surface area contributed by atoms with E-state index >= 15 is 0 Å². The number of aromatic nitrogens is 3. The molecule has 1 aromatic carbocycles. The summed E-state index contributed by atoms with van der Waals surface area (Å²) in [4.78, 5) is 26.2. The van der Waals surface area contributed by atoms with Gasteiger partial charge in [-0.25, -0.2) is 17.8 Å². The summed E-state index contributed by atoms with van der Waals surface area (Å²) in [7, 11) is -3.07. The molecule has 0 unspecified atom stereocenters. The number of hydrogen-bond donors (Lipinski definition) is 1. The van der Waals surface area contributed by atoms with Gasteiger partial charge in [0.25, 0.3) is 0 Å². The molecule has 3 heterocycles. The van der Waals surface area contributed by atoms with E-state index in [0.29, 0.717) is 30.0 Å². The fraction of sp³-hybridized carbons (Fsp3) is 0.375. The van der Waals surface area contributed by atoms with Crippen molar-refractivity contribution in [3.05, 3.63) is 54.2 Å². The van der Waals surface area contributed by atoms with Crippen molar-refractivity contribution >= 4 is 21.4 Å². The van der Waals surface area contributed by atoms with Crippen molar-refractivity contribution < 1.29 is 17.6 Å². The summed E-state index contributed by atoms with van der Waals surface area (Å²) in [5.74, 6) is -0.0204. The van der Waals surface area contributed by atoms with Crippen LogP contribution in [0.5, 0.6) is 0 Å². The fourth-order valence-corrected chi connectivity index (χ4v) is 6.14. The van der Waals surface area contributed by atoms with Crippen LogP contribution in [0.2, 0.25) is 0 Å². The molecular formula is C24H25FN4O3S. The van der Waals surface area contributed by atoms with Gasteiger partial charge in [0.05, 0.1) is 33.9 Å². The average Bonchev–Trinajstić information content (AvgIpc) is 3.51. The first-order chi connectivity index (χ1) is 15.7. The molecule has 1 fully saturated rings. The van der Waals surface area contributed by atoms with Crippen LogP contribution in [-0.4, -0.2) is 46.8 Å². The maximum Gasteiger partial charge on any atom is 0.237 e. The van der Waals surface area contributed by atoms with Crippen LogP contribution in [0.4, 0.5) is 10.1 Å². The van der Waals surface area contributed by atoms with Crippen LogP contribution in [0, 0.1) is 5.82 Å². The highest BCUT2D eigenvalue weighted by atomic mass is 32.2. The third kappa shape index (κ3) is 3.84. The molecule has 0 radical (unpaired) electrons. The number of sulfone groups is 1. The van der Waals surface area contributed by atoms with Crippen LogP contribution in [0.3, 0.4) is 0 Å². The molecule has 7 nitrogen and oxygen atoms in total. The maximum atomic E-state index is 14.1. The van der Waals surface area contributed by atoms with Crippen LogP contribution < -0.4 is 4.90 Å². The van der Waals surface area contributed by atoms with Crippen LogP contribution >= 0.6 is 0 Å². The van der Waals surface area contributed by atoms with Gasteiger partial charge in [-0.05, 0) is 50.8 Å². The van der Waals surface area contributed by atoms with E-state index in [2.05, 4.69) is 15.0 Å². The zero-order valence-electron chi connectivity index (χ0n) is 18.5. The van der Waals surface area contributed by atoms with Crippen molar-refractivity contribution in [1.82, 2.24) is 15.0 Å². The summed E-state index contributed by atoms with van der Waals surface area (Å²) in [5.41, 5.74) is 2.71. The molecule has 2 aromatic heterocycles. The number of rotatable bonds is 7. The van der Waals surface area contributed by atoms with Gasteiger partial charge in [0.1, 0.15) is 5.82 Å². The molecule has 9 heteroatoms. The minimum atomic E-state index is -3.07. The number of benzene rings is 1. The Bertz CT molecular complexity index is 1350.